The topological polar surface area (TPSA) is 38.7 Å². The van der Waals surface area contributed by atoms with Crippen molar-refractivity contribution in [3.63, 3.8) is 0 Å². The van der Waals surface area contributed by atoms with Crippen molar-refractivity contribution in [2.75, 3.05) is 6.61 Å². The fraction of sp³-hybridized carbons (Fsp3) is 0.0833. The summed E-state index contributed by atoms with van der Waals surface area (Å²) < 4.78 is 4.97. The van der Waals surface area contributed by atoms with E-state index in [1.807, 2.05) is 54.6 Å². The van der Waals surface area contributed by atoms with Crippen LogP contribution in [0.25, 0.3) is 0 Å². The smallest absolute Gasteiger partial charge is 0.338 e. The van der Waals surface area contributed by atoms with E-state index in [2.05, 4.69) is 16.8 Å². The zero-order valence-corrected chi connectivity index (χ0v) is 15.1. The lowest BCUT2D eigenvalue weighted by atomic mass is 10.1. The maximum absolute atomic E-state index is 11.6. The second-order valence-corrected chi connectivity index (χ2v) is 5.76. The zero-order chi connectivity index (χ0) is 18.9. The van der Waals surface area contributed by atoms with Gasteiger partial charge in [-0.2, -0.15) is 0 Å². The fourth-order valence-corrected chi connectivity index (χ4v) is 2.37. The molecule has 0 N–H and O–H groups in total. The lowest BCUT2D eigenvalue weighted by Gasteiger charge is -2.01. The molecule has 0 bridgehead atoms. The van der Waals surface area contributed by atoms with Crippen LogP contribution in [-0.2, 0) is 4.74 Å². The summed E-state index contributed by atoms with van der Waals surface area (Å²) in [4.78, 5) is 16.1. The van der Waals surface area contributed by atoms with Crippen molar-refractivity contribution in [2.24, 2.45) is 4.99 Å². The third kappa shape index (κ3) is 5.42. The van der Waals surface area contributed by atoms with Crippen molar-refractivity contribution in [1.29, 1.82) is 0 Å². The van der Waals surface area contributed by atoms with E-state index in [4.69, 9.17) is 4.74 Å². The van der Waals surface area contributed by atoms with Crippen LogP contribution in [0.5, 0.6) is 0 Å². The summed E-state index contributed by atoms with van der Waals surface area (Å²) in [6, 6.07) is 24.8. The van der Waals surface area contributed by atoms with Crippen molar-refractivity contribution >= 4 is 17.9 Å². The van der Waals surface area contributed by atoms with Gasteiger partial charge in [0.2, 0.25) is 0 Å². The van der Waals surface area contributed by atoms with E-state index in [1.165, 1.54) is 0 Å². The molecule has 3 aromatic rings. The van der Waals surface area contributed by atoms with Crippen LogP contribution in [0.3, 0.4) is 0 Å². The highest BCUT2D eigenvalue weighted by molar-refractivity contribution is 5.90. The Balaban J connectivity index is 1.64. The SMILES string of the molecule is CCOC(=O)c1ccc(N=Cc2ccc(C#Cc3ccccc3)cc2)cc1. The van der Waals surface area contributed by atoms with E-state index in [0.29, 0.717) is 12.2 Å². The number of aliphatic imine (C=N–C) groups is 1. The number of carbonyl (C=O) groups is 1. The summed E-state index contributed by atoms with van der Waals surface area (Å²) in [6.45, 7) is 2.15. The molecule has 0 heterocycles. The minimum atomic E-state index is -0.319. The highest BCUT2D eigenvalue weighted by Gasteiger charge is 2.04. The van der Waals surface area contributed by atoms with Gasteiger partial charge < -0.3 is 4.74 Å². The van der Waals surface area contributed by atoms with E-state index in [1.54, 1.807) is 37.4 Å². The molecule has 3 aromatic carbocycles. The van der Waals surface area contributed by atoms with Crippen LogP contribution in [0.2, 0.25) is 0 Å². The van der Waals surface area contributed by atoms with Crippen LogP contribution in [0, 0.1) is 11.8 Å². The van der Waals surface area contributed by atoms with Gasteiger partial charge in [-0.1, -0.05) is 42.2 Å². The monoisotopic (exact) mass is 353 g/mol. The summed E-state index contributed by atoms with van der Waals surface area (Å²) >= 11 is 0. The first-order valence-corrected chi connectivity index (χ1v) is 8.73. The molecule has 0 radical (unpaired) electrons. The van der Waals surface area contributed by atoms with E-state index >= 15 is 0 Å². The minimum Gasteiger partial charge on any atom is -0.462 e. The normalized spacial score (nSPS) is 10.3. The lowest BCUT2D eigenvalue weighted by Crippen LogP contribution is -2.03. The molecule has 0 spiro atoms. The molecule has 132 valence electrons. The predicted molar refractivity (Wildman–Crippen MR) is 109 cm³/mol. The predicted octanol–water partition coefficient (Wildman–Crippen LogP) is 5.01. The van der Waals surface area contributed by atoms with Crippen LogP contribution >= 0.6 is 0 Å². The molecule has 0 saturated heterocycles. The molecule has 0 aromatic heterocycles. The third-order valence-electron chi connectivity index (χ3n) is 3.78. The van der Waals surface area contributed by atoms with Crippen LogP contribution in [0.15, 0.2) is 83.9 Å². The number of rotatable bonds is 4. The number of hydrogen-bond donors (Lipinski definition) is 0. The number of hydrogen-bond acceptors (Lipinski definition) is 3. The van der Waals surface area contributed by atoms with Crippen molar-refractivity contribution < 1.29 is 9.53 Å². The second kappa shape index (κ2) is 9.17. The van der Waals surface area contributed by atoms with Crippen molar-refractivity contribution in [3.05, 3.63) is 101 Å². The summed E-state index contributed by atoms with van der Waals surface area (Å²) in [6.07, 6.45) is 1.79. The molecule has 0 aliphatic heterocycles. The first-order chi connectivity index (χ1) is 13.2. The Morgan fingerprint density at radius 3 is 2.15 bits per heavy atom. The Kier molecular flexibility index (Phi) is 6.17. The van der Waals surface area contributed by atoms with Gasteiger partial charge in [0.05, 0.1) is 17.9 Å². The van der Waals surface area contributed by atoms with Gasteiger partial charge in [-0.25, -0.2) is 4.79 Å². The molecule has 27 heavy (non-hydrogen) atoms. The molecule has 0 atom stereocenters. The molecular weight excluding hydrogens is 334 g/mol. The molecular formula is C24H19NO2. The molecule has 0 saturated carbocycles. The van der Waals surface area contributed by atoms with Crippen LogP contribution in [0.4, 0.5) is 5.69 Å². The van der Waals surface area contributed by atoms with Gasteiger partial charge in [0, 0.05) is 17.3 Å². The first-order valence-electron chi connectivity index (χ1n) is 8.73. The zero-order valence-electron chi connectivity index (χ0n) is 15.1. The Labute approximate surface area is 159 Å². The maximum atomic E-state index is 11.6. The molecule has 0 fully saturated rings. The van der Waals surface area contributed by atoms with Gasteiger partial charge in [-0.15, -0.1) is 0 Å². The fourth-order valence-electron chi connectivity index (χ4n) is 2.37. The van der Waals surface area contributed by atoms with E-state index in [-0.39, 0.29) is 5.97 Å². The largest absolute Gasteiger partial charge is 0.462 e. The van der Waals surface area contributed by atoms with Gasteiger partial charge in [-0.05, 0) is 61.0 Å². The Morgan fingerprint density at radius 1 is 0.889 bits per heavy atom. The Bertz CT molecular complexity index is 977. The van der Waals surface area contributed by atoms with Gasteiger partial charge in [0.25, 0.3) is 0 Å². The number of benzene rings is 3. The van der Waals surface area contributed by atoms with Crippen LogP contribution in [-0.4, -0.2) is 18.8 Å². The number of carbonyl (C=O) groups excluding carboxylic acids is 1. The second-order valence-electron chi connectivity index (χ2n) is 5.76. The van der Waals surface area contributed by atoms with Crippen LogP contribution < -0.4 is 0 Å². The van der Waals surface area contributed by atoms with Gasteiger partial charge >= 0.3 is 5.97 Å². The highest BCUT2D eigenvalue weighted by atomic mass is 16.5. The van der Waals surface area contributed by atoms with Gasteiger partial charge in [-0.3, -0.25) is 4.99 Å². The maximum Gasteiger partial charge on any atom is 0.338 e. The van der Waals surface area contributed by atoms with E-state index in [0.717, 1.165) is 22.4 Å². The van der Waals surface area contributed by atoms with Gasteiger partial charge in [0.1, 0.15) is 0 Å². The highest BCUT2D eigenvalue weighted by Crippen LogP contribution is 2.14. The van der Waals surface area contributed by atoms with Crippen LogP contribution in [0.1, 0.15) is 34.0 Å². The molecule has 0 unspecified atom stereocenters. The van der Waals surface area contributed by atoms with E-state index in [9.17, 15) is 4.79 Å². The van der Waals surface area contributed by atoms with Crippen molar-refractivity contribution in [3.8, 4) is 11.8 Å². The molecule has 0 aliphatic carbocycles. The minimum absolute atomic E-state index is 0.319. The molecule has 0 amide bonds. The van der Waals surface area contributed by atoms with Gasteiger partial charge in [0.15, 0.2) is 0 Å². The molecule has 3 nitrogen and oxygen atoms in total. The van der Waals surface area contributed by atoms with Crippen molar-refractivity contribution in [2.45, 2.75) is 6.92 Å². The van der Waals surface area contributed by atoms with E-state index < -0.39 is 0 Å². The standard InChI is InChI=1S/C24H19NO2/c1-2-27-24(26)22-14-16-23(17-15-22)25-18-21-12-10-20(11-13-21)9-8-19-6-4-3-5-7-19/h3-7,10-18H,2H2,1H3. The molecule has 0 aliphatic rings. The number of esters is 1. The lowest BCUT2D eigenvalue weighted by molar-refractivity contribution is 0.0526. The number of nitrogens with zero attached hydrogens (tertiary/aromatic N) is 1. The first kappa shape index (κ1) is 18.2. The van der Waals surface area contributed by atoms with Crippen molar-refractivity contribution in [1.82, 2.24) is 0 Å². The molecule has 3 rings (SSSR count). The Hall–Kier alpha value is -3.64. The summed E-state index contributed by atoms with van der Waals surface area (Å²) in [5, 5.41) is 0. The summed E-state index contributed by atoms with van der Waals surface area (Å²) in [5.41, 5.74) is 4.23. The number of ether oxygens (including phenoxy) is 1. The molecule has 3 heteroatoms. The average Bonchev–Trinajstić information content (AvgIpc) is 2.73. The average molecular weight is 353 g/mol. The quantitative estimate of drug-likeness (QED) is 0.375. The summed E-state index contributed by atoms with van der Waals surface area (Å²) in [7, 11) is 0. The summed E-state index contributed by atoms with van der Waals surface area (Å²) in [5.74, 6) is 5.97. The Morgan fingerprint density at radius 2 is 1.52 bits per heavy atom. The third-order valence-corrected chi connectivity index (χ3v) is 3.78.